The lowest BCUT2D eigenvalue weighted by Crippen LogP contribution is -2.57. The fourth-order valence-corrected chi connectivity index (χ4v) is 3.32. The van der Waals surface area contributed by atoms with E-state index in [1.165, 1.54) is 4.90 Å². The van der Waals surface area contributed by atoms with Gasteiger partial charge in [-0.1, -0.05) is 0 Å². The second-order valence-corrected chi connectivity index (χ2v) is 7.32. The van der Waals surface area contributed by atoms with Crippen molar-refractivity contribution in [1.82, 2.24) is 20.4 Å². The van der Waals surface area contributed by atoms with Crippen LogP contribution >= 0.6 is 0 Å². The predicted octanol–water partition coefficient (Wildman–Crippen LogP) is 0.899. The van der Waals surface area contributed by atoms with Crippen molar-refractivity contribution in [3.05, 3.63) is 0 Å². The van der Waals surface area contributed by atoms with Crippen LogP contribution in [0.3, 0.4) is 0 Å². The number of hydrogen-bond acceptors (Lipinski definition) is 4. The molecule has 0 radical (unpaired) electrons. The van der Waals surface area contributed by atoms with E-state index >= 15 is 0 Å². The number of rotatable bonds is 5. The molecule has 0 spiro atoms. The quantitative estimate of drug-likeness (QED) is 0.560. The maximum absolute atomic E-state index is 12.5. The molecule has 2 aliphatic heterocycles. The highest BCUT2D eigenvalue weighted by Gasteiger charge is 2.34. The van der Waals surface area contributed by atoms with Gasteiger partial charge in [0.25, 0.3) is 0 Å². The van der Waals surface area contributed by atoms with Crippen LogP contribution in [0.25, 0.3) is 0 Å². The Morgan fingerprint density at radius 2 is 1.88 bits per heavy atom. The summed E-state index contributed by atoms with van der Waals surface area (Å²) in [6.07, 6.45) is -3.46. The molecule has 2 N–H and O–H groups in total. The van der Waals surface area contributed by atoms with Crippen LogP contribution in [0.5, 0.6) is 0 Å². The van der Waals surface area contributed by atoms with E-state index in [0.29, 0.717) is 32.0 Å². The molecule has 0 aliphatic carbocycles. The van der Waals surface area contributed by atoms with E-state index in [1.807, 2.05) is 0 Å². The van der Waals surface area contributed by atoms with Crippen molar-refractivity contribution >= 4 is 5.96 Å². The summed E-state index contributed by atoms with van der Waals surface area (Å²) in [4.78, 5) is 8.02. The molecule has 2 fully saturated rings. The number of nitrogens with zero attached hydrogens (tertiary/aromatic N) is 3. The zero-order chi connectivity index (χ0) is 18.5. The van der Waals surface area contributed by atoms with Crippen LogP contribution in [-0.4, -0.2) is 93.0 Å². The van der Waals surface area contributed by atoms with Crippen molar-refractivity contribution in [2.45, 2.75) is 38.0 Å². The molecule has 0 saturated carbocycles. The smallest absolute Gasteiger partial charge is 0.379 e. The van der Waals surface area contributed by atoms with E-state index in [1.54, 1.807) is 7.05 Å². The maximum Gasteiger partial charge on any atom is 0.401 e. The van der Waals surface area contributed by atoms with E-state index < -0.39 is 12.7 Å². The molecule has 0 amide bonds. The first-order valence-electron chi connectivity index (χ1n) is 8.79. The average molecular weight is 365 g/mol. The van der Waals surface area contributed by atoms with Gasteiger partial charge in [-0.25, -0.2) is 0 Å². The monoisotopic (exact) mass is 365 g/mol. The lowest BCUT2D eigenvalue weighted by Gasteiger charge is -2.41. The number of hydrogen-bond donors (Lipinski definition) is 2. The van der Waals surface area contributed by atoms with Gasteiger partial charge in [0.05, 0.1) is 19.8 Å². The highest BCUT2D eigenvalue weighted by atomic mass is 19.4. The van der Waals surface area contributed by atoms with Gasteiger partial charge < -0.3 is 15.4 Å². The van der Waals surface area contributed by atoms with Crippen molar-refractivity contribution in [2.24, 2.45) is 4.99 Å². The molecule has 1 unspecified atom stereocenters. The summed E-state index contributed by atoms with van der Waals surface area (Å²) >= 11 is 0. The predicted molar refractivity (Wildman–Crippen MR) is 91.9 cm³/mol. The number of aliphatic imine (C=N–C) groups is 1. The number of alkyl halides is 3. The van der Waals surface area contributed by atoms with E-state index in [2.05, 4.69) is 34.4 Å². The van der Waals surface area contributed by atoms with Gasteiger partial charge in [-0.05, 0) is 20.3 Å². The lowest BCUT2D eigenvalue weighted by atomic mass is 10.0. The normalized spacial score (nSPS) is 24.6. The SMILES string of the molecule is CN=C(NCC(C)(C)N1CCOCC1)NC1CCN(CC(F)(F)F)C1. The summed E-state index contributed by atoms with van der Waals surface area (Å²) < 4.78 is 42.8. The van der Waals surface area contributed by atoms with Crippen LogP contribution < -0.4 is 10.6 Å². The number of guanidine groups is 1. The Morgan fingerprint density at radius 1 is 1.20 bits per heavy atom. The zero-order valence-corrected chi connectivity index (χ0v) is 15.3. The van der Waals surface area contributed by atoms with Gasteiger partial charge in [-0.3, -0.25) is 14.8 Å². The summed E-state index contributed by atoms with van der Waals surface area (Å²) in [7, 11) is 1.68. The number of ether oxygens (including phenoxy) is 1. The molecule has 2 heterocycles. The first-order chi connectivity index (χ1) is 11.7. The standard InChI is InChI=1S/C16H30F3N5O/c1-15(2,24-6-8-25-9-7-24)11-21-14(20-3)22-13-4-5-23(10-13)12-16(17,18)19/h13H,4-12H2,1-3H3,(H2,20,21,22). The molecule has 0 bridgehead atoms. The number of morpholine rings is 1. The highest BCUT2D eigenvalue weighted by molar-refractivity contribution is 5.80. The molecule has 0 aromatic heterocycles. The topological polar surface area (TPSA) is 52.1 Å². The summed E-state index contributed by atoms with van der Waals surface area (Å²) in [5, 5.41) is 6.56. The largest absolute Gasteiger partial charge is 0.401 e. The molecule has 2 aliphatic rings. The Hall–Kier alpha value is -1.06. The van der Waals surface area contributed by atoms with E-state index in [0.717, 1.165) is 26.3 Å². The third-order valence-electron chi connectivity index (χ3n) is 4.80. The molecule has 2 rings (SSSR count). The Bertz CT molecular complexity index is 450. The first kappa shape index (κ1) is 20.3. The fourth-order valence-electron chi connectivity index (χ4n) is 3.32. The summed E-state index contributed by atoms with van der Waals surface area (Å²) in [5.41, 5.74) is -0.0562. The van der Waals surface area contributed by atoms with Crippen molar-refractivity contribution in [3.8, 4) is 0 Å². The highest BCUT2D eigenvalue weighted by Crippen LogP contribution is 2.20. The van der Waals surface area contributed by atoms with E-state index in [-0.39, 0.29) is 11.6 Å². The van der Waals surface area contributed by atoms with Gasteiger partial charge in [-0.2, -0.15) is 13.2 Å². The fraction of sp³-hybridized carbons (Fsp3) is 0.938. The zero-order valence-electron chi connectivity index (χ0n) is 15.3. The lowest BCUT2D eigenvalue weighted by molar-refractivity contribution is -0.143. The molecule has 25 heavy (non-hydrogen) atoms. The van der Waals surface area contributed by atoms with Gasteiger partial charge in [-0.15, -0.1) is 0 Å². The van der Waals surface area contributed by atoms with Crippen LogP contribution in [0.15, 0.2) is 4.99 Å². The molecule has 2 saturated heterocycles. The molecule has 6 nitrogen and oxygen atoms in total. The maximum atomic E-state index is 12.5. The molecule has 1 atom stereocenters. The number of nitrogens with one attached hydrogen (secondary N) is 2. The third kappa shape index (κ3) is 6.63. The van der Waals surface area contributed by atoms with Gasteiger partial charge in [0.15, 0.2) is 5.96 Å². The van der Waals surface area contributed by atoms with E-state index in [4.69, 9.17) is 4.74 Å². The average Bonchev–Trinajstić information content (AvgIpc) is 2.97. The summed E-state index contributed by atoms with van der Waals surface area (Å²) in [6.45, 7) is 8.30. The molecule has 9 heteroatoms. The minimum Gasteiger partial charge on any atom is -0.379 e. The van der Waals surface area contributed by atoms with Gasteiger partial charge in [0.2, 0.25) is 0 Å². The van der Waals surface area contributed by atoms with Crippen LogP contribution in [0, 0.1) is 0 Å². The van der Waals surface area contributed by atoms with Crippen LogP contribution in [-0.2, 0) is 4.74 Å². The van der Waals surface area contributed by atoms with E-state index in [9.17, 15) is 13.2 Å². The Balaban J connectivity index is 1.77. The second kappa shape index (κ2) is 8.55. The molecule has 0 aromatic rings. The van der Waals surface area contributed by atoms with Crippen molar-refractivity contribution in [1.29, 1.82) is 0 Å². The van der Waals surface area contributed by atoms with Crippen molar-refractivity contribution < 1.29 is 17.9 Å². The van der Waals surface area contributed by atoms with Crippen LogP contribution in [0.4, 0.5) is 13.2 Å². The first-order valence-corrected chi connectivity index (χ1v) is 8.79. The summed E-state index contributed by atoms with van der Waals surface area (Å²) in [6, 6.07) is -0.0138. The Morgan fingerprint density at radius 3 is 2.48 bits per heavy atom. The van der Waals surface area contributed by atoms with Crippen molar-refractivity contribution in [3.63, 3.8) is 0 Å². The molecule has 146 valence electrons. The molecular formula is C16H30F3N5O. The van der Waals surface area contributed by atoms with Crippen LogP contribution in [0.2, 0.25) is 0 Å². The van der Waals surface area contributed by atoms with Crippen LogP contribution in [0.1, 0.15) is 20.3 Å². The molecular weight excluding hydrogens is 335 g/mol. The summed E-state index contributed by atoms with van der Waals surface area (Å²) in [5.74, 6) is 0.639. The van der Waals surface area contributed by atoms with Gasteiger partial charge in [0.1, 0.15) is 0 Å². The van der Waals surface area contributed by atoms with Gasteiger partial charge in [0, 0.05) is 51.4 Å². The third-order valence-corrected chi connectivity index (χ3v) is 4.80. The minimum atomic E-state index is -4.14. The minimum absolute atomic E-state index is 0.0138. The second-order valence-electron chi connectivity index (χ2n) is 7.32. The number of likely N-dealkylation sites (tertiary alicyclic amines) is 1. The van der Waals surface area contributed by atoms with Gasteiger partial charge >= 0.3 is 6.18 Å². The Labute approximate surface area is 147 Å². The van der Waals surface area contributed by atoms with Crippen molar-refractivity contribution in [2.75, 3.05) is 59.5 Å². The number of halogens is 3. The molecule has 0 aromatic carbocycles. The Kier molecular flexibility index (Phi) is 6.93.